The Bertz CT molecular complexity index is 1530. The summed E-state index contributed by atoms with van der Waals surface area (Å²) in [6, 6.07) is 21.5. The van der Waals surface area contributed by atoms with Crippen LogP contribution in [0.1, 0.15) is 11.3 Å². The van der Waals surface area contributed by atoms with Crippen LogP contribution in [0.3, 0.4) is 0 Å². The fourth-order valence-corrected chi connectivity index (χ4v) is 5.22. The van der Waals surface area contributed by atoms with E-state index < -0.39 is 0 Å². The monoisotopic (exact) mass is 464 g/mol. The number of pyridine rings is 1. The first-order chi connectivity index (χ1) is 16.8. The third-order valence-corrected chi connectivity index (χ3v) is 7.13. The Labute approximate surface area is 201 Å². The van der Waals surface area contributed by atoms with E-state index in [1.54, 1.807) is 17.7 Å². The SMILES string of the molecule is c1cc(Nc2ccc3[nH]ccc3c2)c2sc(-c3ccc(CNCCc4c[nH]cn4)cc3)cc2n1. The number of aromatic nitrogens is 4. The topological polar surface area (TPSA) is 81.4 Å². The van der Waals surface area contributed by atoms with Crippen LogP contribution in [0, 0.1) is 0 Å². The number of rotatable bonds is 8. The highest BCUT2D eigenvalue weighted by molar-refractivity contribution is 7.22. The molecule has 0 amide bonds. The van der Waals surface area contributed by atoms with E-state index in [0.29, 0.717) is 0 Å². The Morgan fingerprint density at radius 1 is 0.941 bits per heavy atom. The molecule has 4 N–H and O–H groups in total. The number of H-pyrrole nitrogens is 2. The summed E-state index contributed by atoms with van der Waals surface area (Å²) in [5.41, 5.74) is 7.86. The molecule has 0 radical (unpaired) electrons. The van der Waals surface area contributed by atoms with Crippen molar-refractivity contribution in [3.8, 4) is 10.4 Å². The van der Waals surface area contributed by atoms with Crippen LogP contribution in [0.25, 0.3) is 31.6 Å². The van der Waals surface area contributed by atoms with E-state index in [1.807, 2.05) is 24.7 Å². The van der Waals surface area contributed by atoms with Gasteiger partial charge in [0.2, 0.25) is 0 Å². The van der Waals surface area contributed by atoms with E-state index in [0.717, 1.165) is 52.3 Å². The van der Waals surface area contributed by atoms with Gasteiger partial charge in [-0.15, -0.1) is 11.3 Å². The lowest BCUT2D eigenvalue weighted by molar-refractivity contribution is 0.681. The molecular weight excluding hydrogens is 440 g/mol. The van der Waals surface area contributed by atoms with Crippen LogP contribution in [-0.4, -0.2) is 26.5 Å². The van der Waals surface area contributed by atoms with Crippen molar-refractivity contribution < 1.29 is 0 Å². The fourth-order valence-electron chi connectivity index (χ4n) is 4.13. The normalized spacial score (nSPS) is 11.4. The highest BCUT2D eigenvalue weighted by Crippen LogP contribution is 2.37. The molecule has 168 valence electrons. The van der Waals surface area contributed by atoms with E-state index in [4.69, 9.17) is 0 Å². The van der Waals surface area contributed by atoms with Crippen LogP contribution in [0.5, 0.6) is 0 Å². The van der Waals surface area contributed by atoms with E-state index in [1.165, 1.54) is 21.4 Å². The number of nitrogens with zero attached hydrogens (tertiary/aromatic N) is 2. The quantitative estimate of drug-likeness (QED) is 0.201. The molecule has 4 aromatic heterocycles. The number of hydrogen-bond donors (Lipinski definition) is 4. The molecule has 0 unspecified atom stereocenters. The summed E-state index contributed by atoms with van der Waals surface area (Å²) in [5.74, 6) is 0. The molecule has 6 aromatic rings. The lowest BCUT2D eigenvalue weighted by Crippen LogP contribution is -2.16. The molecule has 0 aliphatic heterocycles. The van der Waals surface area contributed by atoms with Gasteiger partial charge in [0.05, 0.1) is 27.9 Å². The Morgan fingerprint density at radius 3 is 2.76 bits per heavy atom. The van der Waals surface area contributed by atoms with E-state index >= 15 is 0 Å². The fraction of sp³-hybridized carbons (Fsp3) is 0.111. The van der Waals surface area contributed by atoms with Gasteiger partial charge in [0, 0.05) is 59.6 Å². The van der Waals surface area contributed by atoms with Crippen LogP contribution >= 0.6 is 11.3 Å². The molecule has 0 saturated heterocycles. The molecule has 34 heavy (non-hydrogen) atoms. The first-order valence-electron chi connectivity index (χ1n) is 11.3. The van der Waals surface area contributed by atoms with Crippen LogP contribution in [0.4, 0.5) is 11.4 Å². The summed E-state index contributed by atoms with van der Waals surface area (Å²) in [6.07, 6.45) is 8.42. The number of aromatic amines is 2. The van der Waals surface area contributed by atoms with Gasteiger partial charge < -0.3 is 20.6 Å². The van der Waals surface area contributed by atoms with Gasteiger partial charge in [-0.2, -0.15) is 0 Å². The lowest BCUT2D eigenvalue weighted by Gasteiger charge is -2.07. The molecule has 0 saturated carbocycles. The average molecular weight is 465 g/mol. The molecule has 0 aliphatic rings. The standard InChI is InChI=1S/C27H24N6S/c1-3-19(4-2-18(1)15-28-10-8-22-16-29-17-32-22)26-14-25-27(34-26)24(9-12-31-25)33-21-5-6-23-20(13-21)7-11-30-23/h1-7,9,11-14,16-17,28,30H,8,10,15H2,(H,29,32)(H,31,33). The number of nitrogens with one attached hydrogen (secondary N) is 4. The van der Waals surface area contributed by atoms with E-state index in [2.05, 4.69) is 85.2 Å². The van der Waals surface area contributed by atoms with E-state index in [-0.39, 0.29) is 0 Å². The second-order valence-corrected chi connectivity index (χ2v) is 9.32. The van der Waals surface area contributed by atoms with Crippen LogP contribution in [-0.2, 0) is 13.0 Å². The zero-order chi connectivity index (χ0) is 22.7. The zero-order valence-corrected chi connectivity index (χ0v) is 19.3. The predicted molar refractivity (Wildman–Crippen MR) is 141 cm³/mol. The molecule has 2 aromatic carbocycles. The highest BCUT2D eigenvalue weighted by Gasteiger charge is 2.10. The Morgan fingerprint density at radius 2 is 1.88 bits per heavy atom. The third kappa shape index (κ3) is 4.31. The van der Waals surface area contributed by atoms with Crippen LogP contribution in [0.2, 0.25) is 0 Å². The summed E-state index contributed by atoms with van der Waals surface area (Å²) in [6.45, 7) is 1.75. The maximum atomic E-state index is 4.61. The molecule has 6 nitrogen and oxygen atoms in total. The number of anilines is 2. The van der Waals surface area contributed by atoms with Crippen molar-refractivity contribution in [3.63, 3.8) is 0 Å². The lowest BCUT2D eigenvalue weighted by atomic mass is 10.1. The number of benzene rings is 2. The van der Waals surface area contributed by atoms with Gasteiger partial charge in [-0.05, 0) is 47.5 Å². The van der Waals surface area contributed by atoms with Gasteiger partial charge in [-0.1, -0.05) is 24.3 Å². The van der Waals surface area contributed by atoms with Gasteiger partial charge in [0.1, 0.15) is 0 Å². The third-order valence-electron chi connectivity index (χ3n) is 5.92. The molecule has 0 spiro atoms. The summed E-state index contributed by atoms with van der Waals surface area (Å²) < 4.78 is 1.16. The minimum absolute atomic E-state index is 0.845. The second kappa shape index (κ2) is 9.13. The van der Waals surface area contributed by atoms with Gasteiger partial charge in [-0.25, -0.2) is 4.98 Å². The molecule has 7 heteroatoms. The maximum absolute atomic E-state index is 4.61. The van der Waals surface area contributed by atoms with Crippen molar-refractivity contribution in [1.82, 2.24) is 25.3 Å². The molecule has 0 fully saturated rings. The zero-order valence-electron chi connectivity index (χ0n) is 18.5. The van der Waals surface area contributed by atoms with Crippen molar-refractivity contribution >= 4 is 43.8 Å². The van der Waals surface area contributed by atoms with Crippen molar-refractivity contribution in [3.05, 3.63) is 96.8 Å². The summed E-state index contributed by atoms with van der Waals surface area (Å²) in [4.78, 5) is 16.3. The molecule has 0 atom stereocenters. The van der Waals surface area contributed by atoms with Gasteiger partial charge >= 0.3 is 0 Å². The Kier molecular flexibility index (Phi) is 5.55. The van der Waals surface area contributed by atoms with Gasteiger partial charge in [0.25, 0.3) is 0 Å². The maximum Gasteiger partial charge on any atom is 0.0923 e. The van der Waals surface area contributed by atoms with Crippen molar-refractivity contribution in [2.45, 2.75) is 13.0 Å². The predicted octanol–water partition coefficient (Wildman–Crippen LogP) is 6.24. The average Bonchev–Trinajstić information content (AvgIpc) is 3.63. The molecule has 6 rings (SSSR count). The summed E-state index contributed by atoms with van der Waals surface area (Å²) in [7, 11) is 0. The first kappa shape index (κ1) is 20.7. The van der Waals surface area contributed by atoms with Crippen LogP contribution < -0.4 is 10.6 Å². The van der Waals surface area contributed by atoms with Gasteiger partial charge in [0.15, 0.2) is 0 Å². The Hall–Kier alpha value is -3.94. The highest BCUT2D eigenvalue weighted by atomic mass is 32.1. The van der Waals surface area contributed by atoms with Crippen molar-refractivity contribution in [1.29, 1.82) is 0 Å². The van der Waals surface area contributed by atoms with Crippen molar-refractivity contribution in [2.75, 3.05) is 11.9 Å². The second-order valence-electron chi connectivity index (χ2n) is 8.27. The number of imidazole rings is 1. The van der Waals surface area contributed by atoms with Crippen molar-refractivity contribution in [2.24, 2.45) is 0 Å². The minimum atomic E-state index is 0.845. The molecule has 0 aliphatic carbocycles. The molecule has 4 heterocycles. The van der Waals surface area contributed by atoms with Crippen LogP contribution in [0.15, 0.2) is 85.6 Å². The number of thiophene rings is 1. The smallest absolute Gasteiger partial charge is 0.0923 e. The Balaban J connectivity index is 1.16. The summed E-state index contributed by atoms with van der Waals surface area (Å²) >= 11 is 1.77. The number of fused-ring (bicyclic) bond motifs is 2. The van der Waals surface area contributed by atoms with E-state index in [9.17, 15) is 0 Å². The summed E-state index contributed by atoms with van der Waals surface area (Å²) in [5, 5.41) is 8.26. The minimum Gasteiger partial charge on any atom is -0.361 e. The van der Waals surface area contributed by atoms with Gasteiger partial charge in [-0.3, -0.25) is 4.98 Å². The molecular formula is C27H24N6S. The molecule has 0 bridgehead atoms. The number of hydrogen-bond acceptors (Lipinski definition) is 5. The first-order valence-corrected chi connectivity index (χ1v) is 12.1. The largest absolute Gasteiger partial charge is 0.361 e.